The first kappa shape index (κ1) is 18.2. The molecule has 0 spiro atoms. The van der Waals surface area contributed by atoms with Gasteiger partial charge in [-0.3, -0.25) is 0 Å². The molecule has 1 aliphatic carbocycles. The van der Waals surface area contributed by atoms with Crippen LogP contribution in [0.5, 0.6) is 0 Å². The molecule has 0 bridgehead atoms. The van der Waals surface area contributed by atoms with E-state index < -0.39 is 5.60 Å². The van der Waals surface area contributed by atoms with Crippen LogP contribution in [0.15, 0.2) is 0 Å². The fraction of sp³-hybridized carbons (Fsp3) is 0.938. The zero-order chi connectivity index (χ0) is 15.7. The summed E-state index contributed by atoms with van der Waals surface area (Å²) in [7, 11) is 1.74. The standard InChI is InChI=1S/C16H32N2O3/c1-16(2,3)21-15(19)18-14-9-7-13(8-10-14)17-11-5-6-12-20-4/h13-14,17H,5-12H2,1-4H3,(H,18,19). The zero-order valence-electron chi connectivity index (χ0n) is 14.0. The maximum atomic E-state index is 11.7. The van der Waals surface area contributed by atoms with Gasteiger partial charge in [0.05, 0.1) is 0 Å². The van der Waals surface area contributed by atoms with Gasteiger partial charge in [-0.2, -0.15) is 0 Å². The van der Waals surface area contributed by atoms with Crippen molar-refractivity contribution in [3.63, 3.8) is 0 Å². The molecule has 0 radical (unpaired) electrons. The highest BCUT2D eigenvalue weighted by Crippen LogP contribution is 2.19. The molecule has 0 aromatic rings. The summed E-state index contributed by atoms with van der Waals surface area (Å²) in [5.74, 6) is 0. The predicted octanol–water partition coefficient (Wildman–Crippen LogP) is 2.84. The predicted molar refractivity (Wildman–Crippen MR) is 84.5 cm³/mol. The van der Waals surface area contributed by atoms with E-state index in [2.05, 4.69) is 10.6 Å². The van der Waals surface area contributed by atoms with Crippen molar-refractivity contribution in [2.75, 3.05) is 20.3 Å². The minimum atomic E-state index is -0.426. The lowest BCUT2D eigenvalue weighted by Gasteiger charge is -2.30. The molecule has 0 unspecified atom stereocenters. The monoisotopic (exact) mass is 300 g/mol. The Hall–Kier alpha value is -0.810. The SMILES string of the molecule is COCCCCNC1CCC(NC(=O)OC(C)(C)C)CC1. The van der Waals surface area contributed by atoms with Crippen molar-refractivity contribution in [3.8, 4) is 0 Å². The number of amides is 1. The van der Waals surface area contributed by atoms with Crippen LogP contribution >= 0.6 is 0 Å². The van der Waals surface area contributed by atoms with Gasteiger partial charge in [0.25, 0.3) is 0 Å². The molecule has 1 fully saturated rings. The van der Waals surface area contributed by atoms with Crippen LogP contribution in [0.1, 0.15) is 59.3 Å². The van der Waals surface area contributed by atoms with E-state index in [4.69, 9.17) is 9.47 Å². The molecule has 0 heterocycles. The average Bonchev–Trinajstić information content (AvgIpc) is 2.38. The lowest BCUT2D eigenvalue weighted by atomic mass is 9.91. The highest BCUT2D eigenvalue weighted by atomic mass is 16.6. The molecule has 124 valence electrons. The molecule has 0 aromatic heterocycles. The molecule has 1 aliphatic rings. The zero-order valence-corrected chi connectivity index (χ0v) is 14.0. The third-order valence-corrected chi connectivity index (χ3v) is 3.66. The van der Waals surface area contributed by atoms with Crippen LogP contribution in [0.4, 0.5) is 4.79 Å². The Balaban J connectivity index is 2.10. The van der Waals surface area contributed by atoms with Gasteiger partial charge in [-0.25, -0.2) is 4.79 Å². The summed E-state index contributed by atoms with van der Waals surface area (Å²) in [4.78, 5) is 11.7. The molecule has 1 rings (SSSR count). The molecular formula is C16H32N2O3. The molecule has 0 saturated heterocycles. The van der Waals surface area contributed by atoms with E-state index in [1.165, 1.54) is 0 Å². The van der Waals surface area contributed by atoms with Crippen molar-refractivity contribution in [3.05, 3.63) is 0 Å². The maximum Gasteiger partial charge on any atom is 0.407 e. The first-order chi connectivity index (χ1) is 9.90. The van der Waals surface area contributed by atoms with Crippen molar-refractivity contribution in [1.29, 1.82) is 0 Å². The Morgan fingerprint density at radius 3 is 2.29 bits per heavy atom. The van der Waals surface area contributed by atoms with Gasteiger partial charge >= 0.3 is 6.09 Å². The van der Waals surface area contributed by atoms with E-state index >= 15 is 0 Å². The van der Waals surface area contributed by atoms with E-state index in [0.29, 0.717) is 6.04 Å². The van der Waals surface area contributed by atoms with Gasteiger partial charge in [0, 0.05) is 25.8 Å². The lowest BCUT2D eigenvalue weighted by Crippen LogP contribution is -2.44. The molecule has 0 aromatic carbocycles. The number of methoxy groups -OCH3 is 1. The van der Waals surface area contributed by atoms with E-state index in [-0.39, 0.29) is 12.1 Å². The average molecular weight is 300 g/mol. The minimum absolute atomic E-state index is 0.256. The van der Waals surface area contributed by atoms with E-state index in [1.54, 1.807) is 7.11 Å². The fourth-order valence-corrected chi connectivity index (χ4v) is 2.59. The van der Waals surface area contributed by atoms with Gasteiger partial charge in [-0.15, -0.1) is 0 Å². The van der Waals surface area contributed by atoms with Crippen LogP contribution in [0.25, 0.3) is 0 Å². The number of nitrogens with one attached hydrogen (secondary N) is 2. The molecule has 0 aliphatic heterocycles. The Morgan fingerprint density at radius 1 is 1.10 bits per heavy atom. The highest BCUT2D eigenvalue weighted by Gasteiger charge is 2.24. The molecule has 5 heteroatoms. The Labute approximate surface area is 129 Å². The number of hydrogen-bond donors (Lipinski definition) is 2. The number of alkyl carbamates (subject to hydrolysis) is 1. The summed E-state index contributed by atoms with van der Waals surface area (Å²) in [5.41, 5.74) is -0.426. The first-order valence-corrected chi connectivity index (χ1v) is 8.12. The smallest absolute Gasteiger partial charge is 0.407 e. The second-order valence-electron chi connectivity index (χ2n) is 6.85. The second-order valence-corrected chi connectivity index (χ2v) is 6.85. The van der Waals surface area contributed by atoms with Gasteiger partial charge in [0.2, 0.25) is 0 Å². The quantitative estimate of drug-likeness (QED) is 0.710. The van der Waals surface area contributed by atoms with Gasteiger partial charge < -0.3 is 20.1 Å². The summed E-state index contributed by atoms with van der Waals surface area (Å²) >= 11 is 0. The van der Waals surface area contributed by atoms with Crippen LogP contribution in [0.3, 0.4) is 0 Å². The van der Waals surface area contributed by atoms with Crippen molar-refractivity contribution in [1.82, 2.24) is 10.6 Å². The van der Waals surface area contributed by atoms with Crippen LogP contribution < -0.4 is 10.6 Å². The number of carbonyl (C=O) groups is 1. The fourth-order valence-electron chi connectivity index (χ4n) is 2.59. The minimum Gasteiger partial charge on any atom is -0.444 e. The van der Waals surface area contributed by atoms with Gasteiger partial charge in [0.15, 0.2) is 0 Å². The van der Waals surface area contributed by atoms with E-state index in [9.17, 15) is 4.79 Å². The Bertz CT molecular complexity index is 294. The van der Waals surface area contributed by atoms with Crippen molar-refractivity contribution < 1.29 is 14.3 Å². The molecule has 1 amide bonds. The molecule has 2 N–H and O–H groups in total. The highest BCUT2D eigenvalue weighted by molar-refractivity contribution is 5.68. The van der Waals surface area contributed by atoms with E-state index in [0.717, 1.165) is 51.7 Å². The van der Waals surface area contributed by atoms with Crippen LogP contribution in [-0.2, 0) is 9.47 Å². The first-order valence-electron chi connectivity index (χ1n) is 8.12. The van der Waals surface area contributed by atoms with Crippen LogP contribution in [-0.4, -0.2) is 44.0 Å². The topological polar surface area (TPSA) is 59.6 Å². The largest absolute Gasteiger partial charge is 0.444 e. The third-order valence-electron chi connectivity index (χ3n) is 3.66. The van der Waals surface area contributed by atoms with Crippen molar-refractivity contribution >= 4 is 6.09 Å². The summed E-state index contributed by atoms with van der Waals surface area (Å²) in [5, 5.41) is 6.57. The molecule has 0 atom stereocenters. The number of unbranched alkanes of at least 4 members (excludes halogenated alkanes) is 1. The van der Waals surface area contributed by atoms with Crippen molar-refractivity contribution in [2.24, 2.45) is 0 Å². The Morgan fingerprint density at radius 2 is 1.71 bits per heavy atom. The summed E-state index contributed by atoms with van der Waals surface area (Å²) in [6.07, 6.45) is 6.25. The van der Waals surface area contributed by atoms with Crippen LogP contribution in [0.2, 0.25) is 0 Å². The van der Waals surface area contributed by atoms with Crippen LogP contribution in [0, 0.1) is 0 Å². The number of ether oxygens (including phenoxy) is 2. The molecular weight excluding hydrogens is 268 g/mol. The summed E-state index contributed by atoms with van der Waals surface area (Å²) in [6.45, 7) is 7.55. The molecule has 21 heavy (non-hydrogen) atoms. The lowest BCUT2D eigenvalue weighted by molar-refractivity contribution is 0.0490. The van der Waals surface area contributed by atoms with E-state index in [1.807, 2.05) is 20.8 Å². The summed E-state index contributed by atoms with van der Waals surface area (Å²) in [6, 6.07) is 0.843. The molecule has 1 saturated carbocycles. The number of carbonyl (C=O) groups excluding carboxylic acids is 1. The third kappa shape index (κ3) is 8.94. The van der Waals surface area contributed by atoms with Gasteiger partial charge in [-0.1, -0.05) is 0 Å². The maximum absolute atomic E-state index is 11.7. The number of rotatable bonds is 7. The van der Waals surface area contributed by atoms with Gasteiger partial charge in [0.1, 0.15) is 5.60 Å². The van der Waals surface area contributed by atoms with Crippen molar-refractivity contribution in [2.45, 2.75) is 77.0 Å². The molecule has 5 nitrogen and oxygen atoms in total. The number of hydrogen-bond acceptors (Lipinski definition) is 4. The second kappa shape index (κ2) is 9.26. The summed E-state index contributed by atoms with van der Waals surface area (Å²) < 4.78 is 10.3. The van der Waals surface area contributed by atoms with Gasteiger partial charge in [-0.05, 0) is 65.8 Å². The normalized spacial score (nSPS) is 22.9. The Kier molecular flexibility index (Phi) is 8.04.